The van der Waals surface area contributed by atoms with Crippen LogP contribution in [0.1, 0.15) is 22.7 Å². The van der Waals surface area contributed by atoms with E-state index in [-0.39, 0.29) is 27.9 Å². The number of ether oxygens (including phenoxy) is 1. The Bertz CT molecular complexity index is 850. The second kappa shape index (κ2) is 5.21. The smallest absolute Gasteiger partial charge is 0.420 e. The number of nitrogens with zero attached hydrogens (tertiary/aromatic N) is 2. The van der Waals surface area contributed by atoms with Gasteiger partial charge in [0.15, 0.2) is 0 Å². The van der Waals surface area contributed by atoms with Crippen molar-refractivity contribution in [3.05, 3.63) is 57.6 Å². The maximum Gasteiger partial charge on any atom is 0.433 e. The van der Waals surface area contributed by atoms with E-state index in [9.17, 15) is 18.4 Å². The number of alkyl halides is 3. The fourth-order valence-electron chi connectivity index (χ4n) is 2.48. The lowest BCUT2D eigenvalue weighted by molar-refractivity contribution is -0.141. The molecule has 5 nitrogen and oxygen atoms in total. The molecule has 1 aromatic carbocycles. The number of halogens is 4. The molecule has 2 heterocycles. The molecule has 0 unspecified atom stereocenters. The highest BCUT2D eigenvalue weighted by Gasteiger charge is 2.44. The minimum absolute atomic E-state index is 0.155. The van der Waals surface area contributed by atoms with Gasteiger partial charge in [0.05, 0.1) is 11.5 Å². The fourth-order valence-corrected chi connectivity index (χ4v) is 2.73. The van der Waals surface area contributed by atoms with Crippen molar-refractivity contribution in [2.75, 3.05) is 0 Å². The summed E-state index contributed by atoms with van der Waals surface area (Å²) in [6.07, 6.45) is -4.70. The Labute approximate surface area is 133 Å². The minimum Gasteiger partial charge on any atom is -0.420 e. The van der Waals surface area contributed by atoms with Crippen LogP contribution in [-0.4, -0.2) is 10.2 Å². The van der Waals surface area contributed by atoms with Crippen molar-refractivity contribution >= 4 is 11.6 Å². The highest BCUT2D eigenvalue weighted by atomic mass is 35.5. The Morgan fingerprint density at radius 1 is 1.35 bits per heavy atom. The van der Waals surface area contributed by atoms with Crippen molar-refractivity contribution in [2.24, 2.45) is 5.73 Å². The number of benzene rings is 1. The molecule has 0 aliphatic carbocycles. The zero-order valence-corrected chi connectivity index (χ0v) is 12.0. The van der Waals surface area contributed by atoms with E-state index in [1.54, 1.807) is 18.2 Å². The number of aromatic nitrogens is 2. The molecule has 0 fully saturated rings. The van der Waals surface area contributed by atoms with Crippen molar-refractivity contribution < 1.29 is 17.9 Å². The molecular weight excluding hydrogens is 333 g/mol. The van der Waals surface area contributed by atoms with E-state index in [4.69, 9.17) is 22.1 Å². The first-order valence-electron chi connectivity index (χ1n) is 6.32. The Hall–Kier alpha value is -2.66. The summed E-state index contributed by atoms with van der Waals surface area (Å²) in [5.41, 5.74) is 4.40. The predicted molar refractivity (Wildman–Crippen MR) is 74.3 cm³/mol. The van der Waals surface area contributed by atoms with E-state index in [2.05, 4.69) is 5.10 Å². The SMILES string of the molecule is N#CC1=C(N)Oc2n[nH]c(C(F)(F)F)c2[C@@H]1c1ccccc1Cl. The van der Waals surface area contributed by atoms with Crippen LogP contribution in [0, 0.1) is 11.3 Å². The number of fused-ring (bicyclic) bond motifs is 1. The average Bonchev–Trinajstić information content (AvgIpc) is 2.90. The number of allylic oxidation sites excluding steroid dienone is 1. The lowest BCUT2D eigenvalue weighted by atomic mass is 9.84. The number of rotatable bonds is 1. The molecule has 2 aromatic rings. The zero-order valence-electron chi connectivity index (χ0n) is 11.3. The van der Waals surface area contributed by atoms with Gasteiger partial charge in [-0.3, -0.25) is 5.10 Å². The Morgan fingerprint density at radius 2 is 2.04 bits per heavy atom. The summed E-state index contributed by atoms with van der Waals surface area (Å²) in [5.74, 6) is -1.74. The van der Waals surface area contributed by atoms with E-state index >= 15 is 0 Å². The van der Waals surface area contributed by atoms with E-state index in [1.165, 1.54) is 12.1 Å². The van der Waals surface area contributed by atoms with E-state index in [0.29, 0.717) is 5.56 Å². The molecule has 118 valence electrons. The molecule has 9 heteroatoms. The van der Waals surface area contributed by atoms with Crippen molar-refractivity contribution in [2.45, 2.75) is 12.1 Å². The van der Waals surface area contributed by atoms with Gasteiger partial charge in [0.1, 0.15) is 17.3 Å². The monoisotopic (exact) mass is 340 g/mol. The normalized spacial score (nSPS) is 17.4. The summed E-state index contributed by atoms with van der Waals surface area (Å²) in [5, 5.41) is 14.9. The largest absolute Gasteiger partial charge is 0.433 e. The lowest BCUT2D eigenvalue weighted by Crippen LogP contribution is -2.23. The molecule has 0 saturated heterocycles. The standard InChI is InChI=1S/C14H8ClF3N4O/c15-8-4-2-1-3-6(8)9-7(5-19)12(20)23-13-10(9)11(21-22-13)14(16,17)18/h1-4,9H,20H2,(H,21,22)/t9-/m1/s1. The molecule has 23 heavy (non-hydrogen) atoms. The van der Waals surface area contributed by atoms with Crippen molar-refractivity contribution in [3.63, 3.8) is 0 Å². The van der Waals surface area contributed by atoms with E-state index < -0.39 is 17.8 Å². The Morgan fingerprint density at radius 3 is 2.65 bits per heavy atom. The quantitative estimate of drug-likeness (QED) is 0.833. The van der Waals surface area contributed by atoms with Gasteiger partial charge >= 0.3 is 6.18 Å². The molecule has 1 aliphatic rings. The molecule has 3 N–H and O–H groups in total. The van der Waals surface area contributed by atoms with Gasteiger partial charge in [-0.2, -0.15) is 18.4 Å². The number of nitrogens with one attached hydrogen (secondary N) is 1. The second-order valence-corrected chi connectivity index (χ2v) is 5.17. The molecular formula is C14H8ClF3N4O. The molecule has 0 bridgehead atoms. The third-order valence-electron chi connectivity index (χ3n) is 3.44. The van der Waals surface area contributed by atoms with Crippen LogP contribution in [0.25, 0.3) is 0 Å². The van der Waals surface area contributed by atoms with Crippen LogP contribution in [0.4, 0.5) is 13.2 Å². The first-order chi connectivity index (χ1) is 10.8. The molecule has 3 rings (SSSR count). The van der Waals surface area contributed by atoms with Crippen LogP contribution in [0.5, 0.6) is 5.88 Å². The van der Waals surface area contributed by atoms with Crippen LogP contribution in [0.2, 0.25) is 5.02 Å². The van der Waals surface area contributed by atoms with Crippen LogP contribution in [0.15, 0.2) is 35.7 Å². The number of nitrogens with two attached hydrogens (primary N) is 1. The first kappa shape index (κ1) is 15.2. The van der Waals surface area contributed by atoms with Gasteiger partial charge in [-0.25, -0.2) is 0 Å². The number of hydrogen-bond donors (Lipinski definition) is 2. The topological polar surface area (TPSA) is 87.7 Å². The van der Waals surface area contributed by atoms with Gasteiger partial charge in [0.25, 0.3) is 0 Å². The number of H-pyrrole nitrogens is 1. The van der Waals surface area contributed by atoms with Gasteiger partial charge < -0.3 is 10.5 Å². The maximum atomic E-state index is 13.2. The van der Waals surface area contributed by atoms with Gasteiger partial charge in [-0.15, -0.1) is 5.10 Å². The van der Waals surface area contributed by atoms with Crippen LogP contribution in [-0.2, 0) is 6.18 Å². The number of nitriles is 1. The second-order valence-electron chi connectivity index (χ2n) is 4.76. The summed E-state index contributed by atoms with van der Waals surface area (Å²) in [7, 11) is 0. The van der Waals surface area contributed by atoms with Crippen LogP contribution in [0.3, 0.4) is 0 Å². The first-order valence-corrected chi connectivity index (χ1v) is 6.70. The minimum atomic E-state index is -4.70. The van der Waals surface area contributed by atoms with Gasteiger partial charge in [-0.1, -0.05) is 29.8 Å². The van der Waals surface area contributed by atoms with Gasteiger partial charge in [0.2, 0.25) is 11.8 Å². The summed E-state index contributed by atoms with van der Waals surface area (Å²) in [6, 6.07) is 8.08. The molecule has 0 saturated carbocycles. The third kappa shape index (κ3) is 2.39. The summed E-state index contributed by atoms with van der Waals surface area (Å²) in [6.45, 7) is 0. The summed E-state index contributed by atoms with van der Waals surface area (Å²) < 4.78 is 44.8. The van der Waals surface area contributed by atoms with Crippen molar-refractivity contribution in [3.8, 4) is 11.9 Å². The maximum absolute atomic E-state index is 13.2. The lowest BCUT2D eigenvalue weighted by Gasteiger charge is -2.25. The van der Waals surface area contributed by atoms with Crippen molar-refractivity contribution in [1.82, 2.24) is 10.2 Å². The summed E-state index contributed by atoms with van der Waals surface area (Å²) >= 11 is 6.10. The number of hydrogen-bond acceptors (Lipinski definition) is 4. The molecule has 1 atom stereocenters. The molecule has 1 aromatic heterocycles. The van der Waals surface area contributed by atoms with E-state index in [0.717, 1.165) is 0 Å². The van der Waals surface area contributed by atoms with Gasteiger partial charge in [-0.05, 0) is 11.6 Å². The summed E-state index contributed by atoms with van der Waals surface area (Å²) in [4.78, 5) is 0. The highest BCUT2D eigenvalue weighted by molar-refractivity contribution is 6.31. The molecule has 1 aliphatic heterocycles. The zero-order chi connectivity index (χ0) is 16.8. The molecule has 0 amide bonds. The molecule has 0 radical (unpaired) electrons. The Kier molecular flexibility index (Phi) is 3.45. The third-order valence-corrected chi connectivity index (χ3v) is 3.78. The van der Waals surface area contributed by atoms with Crippen LogP contribution >= 0.6 is 11.6 Å². The Balaban J connectivity index is 2.31. The number of aromatic amines is 1. The van der Waals surface area contributed by atoms with Gasteiger partial charge in [0, 0.05) is 5.02 Å². The van der Waals surface area contributed by atoms with E-state index in [1.807, 2.05) is 5.10 Å². The van der Waals surface area contributed by atoms with Crippen LogP contribution < -0.4 is 10.5 Å². The predicted octanol–water partition coefficient (Wildman–Crippen LogP) is 3.30. The van der Waals surface area contributed by atoms with Crippen molar-refractivity contribution in [1.29, 1.82) is 5.26 Å². The highest BCUT2D eigenvalue weighted by Crippen LogP contribution is 2.48. The molecule has 0 spiro atoms. The average molecular weight is 341 g/mol. The fraction of sp³-hybridized carbons (Fsp3) is 0.143.